The van der Waals surface area contributed by atoms with Gasteiger partial charge >= 0.3 is 6.18 Å². The largest absolute Gasteiger partial charge is 0.415 e. The highest BCUT2D eigenvalue weighted by molar-refractivity contribution is 4.40. The molecule has 0 heterocycles. The van der Waals surface area contributed by atoms with Crippen LogP contribution in [0.25, 0.3) is 0 Å². The summed E-state index contributed by atoms with van der Waals surface area (Å²) in [4.78, 5) is 7.03. The molecule has 0 radical (unpaired) electrons. The van der Waals surface area contributed by atoms with Crippen LogP contribution >= 0.6 is 0 Å². The Morgan fingerprint density at radius 2 is 0.778 bits per heavy atom. The van der Waals surface area contributed by atoms with Crippen LogP contribution in [0.15, 0.2) is 0 Å². The Hall–Kier alpha value is -0.960. The van der Waals surface area contributed by atoms with Crippen molar-refractivity contribution in [3.8, 4) is 0 Å². The van der Waals surface area contributed by atoms with E-state index in [1.165, 1.54) is 6.92 Å². The first kappa shape index (κ1) is 63.5. The summed E-state index contributed by atoms with van der Waals surface area (Å²) in [5.74, 6) is 0. The molecule has 0 amide bonds. The molecule has 0 aromatic rings. The monoisotopic (exact) mass is 452 g/mol. The molecule has 0 aromatic heterocycles. The van der Waals surface area contributed by atoms with Gasteiger partial charge in [-0.2, -0.15) is 28.0 Å². The topological polar surface area (TPSA) is 27.7 Å². The fourth-order valence-corrected chi connectivity index (χ4v) is 0.0619. The first-order valence-corrected chi connectivity index (χ1v) is 4.67. The molecule has 0 rings (SSSR count). The van der Waals surface area contributed by atoms with E-state index in [1.807, 2.05) is 0 Å². The van der Waals surface area contributed by atoms with Crippen LogP contribution in [0.1, 0.15) is 36.6 Å². The highest BCUT2D eigenvalue weighted by Gasteiger charge is 2.27. The van der Waals surface area contributed by atoms with E-state index in [2.05, 4.69) is 14.8 Å². The molecular formula is C12H32F12O3. The van der Waals surface area contributed by atoms with Crippen molar-refractivity contribution < 1.29 is 67.9 Å². The third-order valence-corrected chi connectivity index (χ3v) is 0.301. The third kappa shape index (κ3) is 523. The third-order valence-electron chi connectivity index (χ3n) is 0.301. The second kappa shape index (κ2) is 85.1. The Labute approximate surface area is 153 Å². The molecule has 0 N–H and O–H groups in total. The zero-order valence-corrected chi connectivity index (χ0v) is 11.8. The van der Waals surface area contributed by atoms with Crippen LogP contribution in [-0.2, 0) is 14.8 Å². The van der Waals surface area contributed by atoms with Gasteiger partial charge in [-0.05, 0) is 20.5 Å². The summed E-state index contributed by atoms with van der Waals surface area (Å²) in [5.41, 5.74) is 0. The number of alkyl halides is 9. The first-order chi connectivity index (χ1) is 10.7. The molecule has 0 saturated carbocycles. The van der Waals surface area contributed by atoms with Crippen LogP contribution in [0.3, 0.4) is 0 Å². The molecule has 0 saturated heterocycles. The van der Waals surface area contributed by atoms with Crippen molar-refractivity contribution in [3.05, 3.63) is 0 Å². The molecule has 182 valence electrons. The molecule has 0 unspecified atom stereocenters. The van der Waals surface area contributed by atoms with Gasteiger partial charge in [-0.3, -0.25) is 8.78 Å². The van der Waals surface area contributed by atoms with Crippen LogP contribution in [-0.4, -0.2) is 47.3 Å². The molecule has 0 fully saturated rings. The van der Waals surface area contributed by atoms with E-state index in [1.54, 1.807) is 0 Å². The maximum Gasteiger partial charge on any atom is 0.415 e. The zero-order chi connectivity index (χ0) is 20.2. The Morgan fingerprint density at radius 1 is 0.630 bits per heavy atom. The molecule has 3 nitrogen and oxygen atoms in total. The van der Waals surface area contributed by atoms with Gasteiger partial charge in [0.25, 0.3) is 0 Å². The lowest BCUT2D eigenvalue weighted by Crippen LogP contribution is -2.13. The minimum Gasteiger partial charge on any atom is -0.255 e. The van der Waals surface area contributed by atoms with Crippen LogP contribution in [0.5, 0.6) is 0 Å². The summed E-state index contributed by atoms with van der Waals surface area (Å²) in [6.45, 7) is -5.06. The predicted octanol–water partition coefficient (Wildman–Crippen LogP) is 8.07. The molecule has 0 spiro atoms. The normalized spacial score (nSPS) is 6.89. The highest BCUT2D eigenvalue weighted by Crippen LogP contribution is 2.13. The van der Waals surface area contributed by atoms with Crippen molar-refractivity contribution in [3.63, 3.8) is 0 Å². The summed E-state index contributed by atoms with van der Waals surface area (Å²) >= 11 is 0. The molecular weight excluding hydrogens is 420 g/mol. The van der Waals surface area contributed by atoms with Gasteiger partial charge in [0.2, 0.25) is 20.6 Å². The second-order valence-corrected chi connectivity index (χ2v) is 1.67. The molecule has 0 aliphatic carbocycles. The SMILES string of the molecule is C.C.C.C.CCF.CF.FCF.FCOF.FCOF.FOCC(F)(F)F. The molecule has 0 bridgehead atoms. The Bertz CT molecular complexity index is 125. The maximum atomic E-state index is 10.7. The Balaban J connectivity index is -0.0000000163. The number of halogens is 12. The van der Waals surface area contributed by atoms with Gasteiger partial charge in [0.1, 0.15) is 0 Å². The van der Waals surface area contributed by atoms with Crippen molar-refractivity contribution in [1.82, 2.24) is 0 Å². The van der Waals surface area contributed by atoms with Gasteiger partial charge in [0.05, 0.1) is 13.9 Å². The Morgan fingerprint density at radius 3 is 0.778 bits per heavy atom. The van der Waals surface area contributed by atoms with Crippen LogP contribution in [0, 0.1) is 0 Å². The van der Waals surface area contributed by atoms with E-state index >= 15 is 0 Å². The van der Waals surface area contributed by atoms with Crippen LogP contribution < -0.4 is 0 Å². The van der Waals surface area contributed by atoms with Crippen molar-refractivity contribution in [2.75, 3.05) is 41.1 Å². The van der Waals surface area contributed by atoms with Crippen LogP contribution in [0.4, 0.5) is 53.1 Å². The molecule has 0 aromatic carbocycles. The van der Waals surface area contributed by atoms with Gasteiger partial charge < -0.3 is 0 Å². The summed E-state index contributed by atoms with van der Waals surface area (Å²) in [6.07, 6.45) is -4.55. The summed E-state index contributed by atoms with van der Waals surface area (Å²) in [7, 11) is 0.500. The minimum absolute atomic E-state index is 0. The van der Waals surface area contributed by atoms with Crippen LogP contribution in [0.2, 0.25) is 0 Å². The van der Waals surface area contributed by atoms with E-state index in [-0.39, 0.29) is 36.4 Å². The lowest BCUT2D eigenvalue weighted by atomic mass is 10.7. The predicted molar refractivity (Wildman–Crippen MR) is 82.1 cm³/mol. The summed E-state index contributed by atoms with van der Waals surface area (Å²) in [6, 6.07) is 0. The number of hydrogen-bond donors (Lipinski definition) is 0. The van der Waals surface area contributed by atoms with E-state index in [0.717, 1.165) is 0 Å². The lowest BCUT2D eigenvalue weighted by Gasteiger charge is -1.97. The van der Waals surface area contributed by atoms with Gasteiger partial charge in [-0.15, -0.1) is 0 Å². The van der Waals surface area contributed by atoms with E-state index < -0.39 is 33.4 Å². The second-order valence-electron chi connectivity index (χ2n) is 1.67. The van der Waals surface area contributed by atoms with E-state index in [4.69, 9.17) is 0 Å². The van der Waals surface area contributed by atoms with Gasteiger partial charge in [0, 0.05) is 0 Å². The first-order valence-electron chi connectivity index (χ1n) is 4.67. The molecule has 15 heteroatoms. The quantitative estimate of drug-likeness (QED) is 0.405. The number of rotatable bonds is 3. The molecule has 0 aliphatic rings. The van der Waals surface area contributed by atoms with Gasteiger partial charge in [0.15, 0.2) is 6.61 Å². The average Bonchev–Trinajstić information content (AvgIpc) is 2.50. The molecule has 0 atom stereocenters. The van der Waals surface area contributed by atoms with Crippen molar-refractivity contribution in [2.24, 2.45) is 0 Å². The van der Waals surface area contributed by atoms with Crippen molar-refractivity contribution in [1.29, 1.82) is 0 Å². The van der Waals surface area contributed by atoms with Gasteiger partial charge in [-0.25, -0.2) is 17.6 Å². The smallest absolute Gasteiger partial charge is 0.255 e. The number of hydrogen-bond acceptors (Lipinski definition) is 3. The molecule has 27 heavy (non-hydrogen) atoms. The fraction of sp³-hybridized carbons (Fsp3) is 1.00. The van der Waals surface area contributed by atoms with Crippen molar-refractivity contribution >= 4 is 0 Å². The Kier molecular flexibility index (Phi) is 200. The lowest BCUT2D eigenvalue weighted by molar-refractivity contribution is -0.245. The van der Waals surface area contributed by atoms with Crippen molar-refractivity contribution in [2.45, 2.75) is 42.8 Å². The average molecular weight is 452 g/mol. The van der Waals surface area contributed by atoms with Gasteiger partial charge in [-0.1, -0.05) is 29.7 Å². The van der Waals surface area contributed by atoms with E-state index in [0.29, 0.717) is 7.18 Å². The van der Waals surface area contributed by atoms with E-state index in [9.17, 15) is 53.1 Å². The summed E-state index contributed by atoms with van der Waals surface area (Å²) in [5, 5.41) is 0. The summed E-state index contributed by atoms with van der Waals surface area (Å²) < 4.78 is 121. The fourth-order valence-electron chi connectivity index (χ4n) is 0.0619. The standard InChI is InChI=1S/C2H2F4O.C2H5F.2CH2F2O.CH2F2.CH3F.4CH4/c3-2(4,5)1-7-6;1-2-3;2*2-1-4-3;2-1-3;1-2;;;;/h1H2;2H2,1H3;2*1H2;1H2;1H3;4*1H4. The highest BCUT2D eigenvalue weighted by atomic mass is 19.4. The minimum atomic E-state index is -4.55. The molecule has 0 aliphatic heterocycles. The zero-order valence-electron chi connectivity index (χ0n) is 11.8. The maximum absolute atomic E-state index is 10.7.